The second-order valence-corrected chi connectivity index (χ2v) is 8.99. The molecule has 2 rings (SSSR count). The van der Waals surface area contributed by atoms with Crippen molar-refractivity contribution < 1.29 is 4.74 Å². The molecular formula is C19H36IN5OS. The van der Waals surface area contributed by atoms with Crippen LogP contribution >= 0.6 is 35.3 Å². The molecule has 1 fully saturated rings. The van der Waals surface area contributed by atoms with Gasteiger partial charge in [-0.3, -0.25) is 0 Å². The van der Waals surface area contributed by atoms with Gasteiger partial charge in [0, 0.05) is 45.1 Å². The normalized spacial score (nSPS) is 20.7. The summed E-state index contributed by atoms with van der Waals surface area (Å²) in [5.74, 6) is 1.36. The van der Waals surface area contributed by atoms with Crippen molar-refractivity contribution in [1.82, 2.24) is 15.6 Å². The highest BCUT2D eigenvalue weighted by atomic mass is 127. The quantitative estimate of drug-likeness (QED) is 0.348. The lowest BCUT2D eigenvalue weighted by Crippen LogP contribution is -2.47. The number of rotatable bonds is 6. The van der Waals surface area contributed by atoms with Gasteiger partial charge in [0.25, 0.3) is 0 Å². The first-order chi connectivity index (χ1) is 12.3. The molecule has 2 atom stereocenters. The predicted molar refractivity (Wildman–Crippen MR) is 127 cm³/mol. The smallest absolute Gasteiger partial charge is 0.191 e. The van der Waals surface area contributed by atoms with Crippen molar-refractivity contribution in [1.29, 1.82) is 0 Å². The number of hydrogen-bond acceptors (Lipinski definition) is 5. The van der Waals surface area contributed by atoms with Crippen LogP contribution in [-0.2, 0) is 11.3 Å². The third kappa shape index (κ3) is 7.73. The summed E-state index contributed by atoms with van der Waals surface area (Å²) in [7, 11) is 4.02. The first kappa shape index (κ1) is 24.4. The van der Waals surface area contributed by atoms with Crippen LogP contribution in [0.4, 0.5) is 5.13 Å². The van der Waals surface area contributed by atoms with Crippen molar-refractivity contribution in [3.63, 3.8) is 0 Å². The van der Waals surface area contributed by atoms with Crippen LogP contribution < -0.4 is 15.5 Å². The maximum atomic E-state index is 6.09. The molecule has 0 bridgehead atoms. The fourth-order valence-corrected chi connectivity index (χ4v) is 4.06. The number of nitrogens with one attached hydrogen (secondary N) is 2. The standard InChI is InChI=1S/C19H35N5OS.HI/c1-7-20-17(22-12-15-13-26-18(23-15)24(5)6)21-11-14-9-8-10-25-16(14)19(2,3)4;/h13-14,16H,7-12H2,1-6H3,(H2,20,21,22);1H. The number of guanidine groups is 1. The Labute approximate surface area is 185 Å². The molecule has 6 nitrogen and oxygen atoms in total. The van der Waals surface area contributed by atoms with Crippen LogP contribution in [-0.4, -0.2) is 50.8 Å². The summed E-state index contributed by atoms with van der Waals surface area (Å²) >= 11 is 1.65. The first-order valence-corrected chi connectivity index (χ1v) is 10.4. The fourth-order valence-electron chi connectivity index (χ4n) is 3.31. The van der Waals surface area contributed by atoms with Gasteiger partial charge in [-0.1, -0.05) is 20.8 Å². The lowest BCUT2D eigenvalue weighted by Gasteiger charge is -2.40. The summed E-state index contributed by atoms with van der Waals surface area (Å²) in [5.41, 5.74) is 1.16. The van der Waals surface area contributed by atoms with Gasteiger partial charge in [0.1, 0.15) is 0 Å². The van der Waals surface area contributed by atoms with E-state index >= 15 is 0 Å². The zero-order valence-electron chi connectivity index (χ0n) is 17.5. The molecule has 2 heterocycles. The second-order valence-electron chi connectivity index (χ2n) is 8.15. The third-order valence-electron chi connectivity index (χ3n) is 4.50. The Morgan fingerprint density at radius 3 is 2.70 bits per heavy atom. The molecule has 0 spiro atoms. The van der Waals surface area contributed by atoms with E-state index in [1.54, 1.807) is 11.3 Å². The van der Waals surface area contributed by atoms with Gasteiger partial charge in [-0.2, -0.15) is 0 Å². The summed E-state index contributed by atoms with van der Waals surface area (Å²) < 4.78 is 6.09. The number of hydrogen-bond donors (Lipinski definition) is 2. The maximum absolute atomic E-state index is 6.09. The highest BCUT2D eigenvalue weighted by Crippen LogP contribution is 2.33. The Morgan fingerprint density at radius 2 is 2.11 bits per heavy atom. The molecule has 0 saturated carbocycles. The van der Waals surface area contributed by atoms with Crippen LogP contribution in [0.15, 0.2) is 10.4 Å². The lowest BCUT2D eigenvalue weighted by molar-refractivity contribution is -0.0835. The molecule has 0 radical (unpaired) electrons. The predicted octanol–water partition coefficient (Wildman–Crippen LogP) is 3.72. The molecule has 8 heteroatoms. The summed E-state index contributed by atoms with van der Waals surface area (Å²) in [6, 6.07) is 0. The molecule has 1 aromatic rings. The van der Waals surface area contributed by atoms with Crippen molar-refractivity contribution in [2.24, 2.45) is 16.3 Å². The summed E-state index contributed by atoms with van der Waals surface area (Å²) in [5, 5.41) is 9.95. The topological polar surface area (TPSA) is 61.8 Å². The molecule has 1 aliphatic rings. The van der Waals surface area contributed by atoms with Gasteiger partial charge in [0.15, 0.2) is 11.1 Å². The largest absolute Gasteiger partial charge is 0.377 e. The van der Waals surface area contributed by atoms with E-state index in [2.05, 4.69) is 48.7 Å². The average molecular weight is 510 g/mol. The van der Waals surface area contributed by atoms with E-state index in [9.17, 15) is 0 Å². The molecule has 27 heavy (non-hydrogen) atoms. The Bertz CT molecular complexity index is 585. The number of nitrogens with zero attached hydrogens (tertiary/aromatic N) is 3. The van der Waals surface area contributed by atoms with E-state index in [0.29, 0.717) is 12.5 Å². The Morgan fingerprint density at radius 1 is 1.37 bits per heavy atom. The van der Waals surface area contributed by atoms with E-state index in [-0.39, 0.29) is 35.5 Å². The van der Waals surface area contributed by atoms with E-state index in [1.807, 2.05) is 19.0 Å². The van der Waals surface area contributed by atoms with Gasteiger partial charge in [0.05, 0.1) is 18.3 Å². The van der Waals surface area contributed by atoms with Gasteiger partial charge in [0.2, 0.25) is 0 Å². The van der Waals surface area contributed by atoms with Crippen LogP contribution in [0.1, 0.15) is 46.2 Å². The van der Waals surface area contributed by atoms with Crippen LogP contribution in [0.3, 0.4) is 0 Å². The highest BCUT2D eigenvalue weighted by molar-refractivity contribution is 14.0. The van der Waals surface area contributed by atoms with Gasteiger partial charge in [-0.15, -0.1) is 35.3 Å². The Hall–Kier alpha value is -0.610. The highest BCUT2D eigenvalue weighted by Gasteiger charge is 2.35. The molecule has 1 aromatic heterocycles. The minimum atomic E-state index is 0. The molecule has 0 amide bonds. The van der Waals surface area contributed by atoms with Crippen molar-refractivity contribution in [3.05, 3.63) is 11.1 Å². The molecule has 2 N–H and O–H groups in total. The van der Waals surface area contributed by atoms with Gasteiger partial charge in [-0.25, -0.2) is 9.98 Å². The number of halogens is 1. The van der Waals surface area contributed by atoms with Gasteiger partial charge < -0.3 is 20.3 Å². The molecule has 1 aliphatic heterocycles. The molecule has 156 valence electrons. The molecule has 1 saturated heterocycles. The van der Waals surface area contributed by atoms with Crippen molar-refractivity contribution in [2.75, 3.05) is 38.7 Å². The minimum absolute atomic E-state index is 0. The number of thiazole rings is 1. The van der Waals surface area contributed by atoms with E-state index in [1.165, 1.54) is 6.42 Å². The van der Waals surface area contributed by atoms with Crippen LogP contribution in [0.2, 0.25) is 0 Å². The van der Waals surface area contributed by atoms with Crippen molar-refractivity contribution in [3.8, 4) is 0 Å². The Kier molecular flexibility index (Phi) is 10.3. The molecule has 0 aliphatic carbocycles. The average Bonchev–Trinajstić information content (AvgIpc) is 3.06. The third-order valence-corrected chi connectivity index (χ3v) is 5.55. The zero-order chi connectivity index (χ0) is 19.2. The van der Waals surface area contributed by atoms with Gasteiger partial charge in [-0.05, 0) is 25.2 Å². The van der Waals surface area contributed by atoms with Crippen molar-refractivity contribution in [2.45, 2.75) is 53.2 Å². The summed E-state index contributed by atoms with van der Waals surface area (Å²) in [6.45, 7) is 12.1. The maximum Gasteiger partial charge on any atom is 0.191 e. The summed E-state index contributed by atoms with van der Waals surface area (Å²) in [4.78, 5) is 11.3. The number of ether oxygens (including phenoxy) is 1. The fraction of sp³-hybridized carbons (Fsp3) is 0.789. The minimum Gasteiger partial charge on any atom is -0.377 e. The van der Waals surface area contributed by atoms with Crippen molar-refractivity contribution >= 4 is 46.4 Å². The van der Waals surface area contributed by atoms with Gasteiger partial charge >= 0.3 is 0 Å². The molecule has 2 unspecified atom stereocenters. The first-order valence-electron chi connectivity index (χ1n) is 9.56. The Balaban J connectivity index is 0.00000364. The van der Waals surface area contributed by atoms with Crippen LogP contribution in [0, 0.1) is 11.3 Å². The number of anilines is 1. The second kappa shape index (κ2) is 11.4. The van der Waals surface area contributed by atoms with E-state index in [0.717, 1.165) is 42.9 Å². The van der Waals surface area contributed by atoms with E-state index in [4.69, 9.17) is 9.73 Å². The lowest BCUT2D eigenvalue weighted by atomic mass is 9.78. The number of aliphatic imine (C=N–C) groups is 1. The monoisotopic (exact) mass is 509 g/mol. The zero-order valence-corrected chi connectivity index (χ0v) is 20.7. The molecule has 0 aromatic carbocycles. The SMILES string of the molecule is CCNC(=NCc1csc(N(C)C)n1)NCC1CCCOC1C(C)(C)C.I. The molecular weight excluding hydrogens is 473 g/mol. The van der Waals surface area contributed by atoms with E-state index < -0.39 is 0 Å². The summed E-state index contributed by atoms with van der Waals surface area (Å²) in [6.07, 6.45) is 2.62. The van der Waals surface area contributed by atoms with Crippen LogP contribution in [0.5, 0.6) is 0 Å². The van der Waals surface area contributed by atoms with Crippen LogP contribution in [0.25, 0.3) is 0 Å². The number of aromatic nitrogens is 1.